The zero-order valence-electron chi connectivity index (χ0n) is 17.2. The van der Waals surface area contributed by atoms with Crippen molar-refractivity contribution >= 4 is 21.9 Å². The summed E-state index contributed by atoms with van der Waals surface area (Å²) in [5, 5.41) is 1.89. The van der Waals surface area contributed by atoms with Gasteiger partial charge in [-0.05, 0) is 59.4 Å². The van der Waals surface area contributed by atoms with E-state index in [-0.39, 0.29) is 5.82 Å². The van der Waals surface area contributed by atoms with Gasteiger partial charge in [0.05, 0.1) is 5.69 Å². The van der Waals surface area contributed by atoms with Crippen molar-refractivity contribution in [2.75, 3.05) is 0 Å². The van der Waals surface area contributed by atoms with Gasteiger partial charge in [-0.25, -0.2) is 4.39 Å². The van der Waals surface area contributed by atoms with E-state index in [1.807, 2.05) is 24.4 Å². The Hall–Kier alpha value is -3.46. The van der Waals surface area contributed by atoms with E-state index in [1.54, 1.807) is 6.07 Å². The molecular formula is C27H22FNO. The van der Waals surface area contributed by atoms with Gasteiger partial charge >= 0.3 is 0 Å². The van der Waals surface area contributed by atoms with Crippen LogP contribution in [0.2, 0.25) is 0 Å². The number of aryl methyl sites for hydroxylation is 1. The second-order valence-corrected chi connectivity index (χ2v) is 8.05. The Morgan fingerprint density at radius 2 is 1.67 bits per heavy atom. The minimum absolute atomic E-state index is 0.306. The minimum Gasteiger partial charge on any atom is -0.455 e. The largest absolute Gasteiger partial charge is 0.455 e. The molecule has 2 nitrogen and oxygen atoms in total. The average molecular weight is 395 g/mol. The Kier molecular flexibility index (Phi) is 4.39. The fraction of sp³-hybridized carbons (Fsp3) is 0.148. The molecule has 0 spiro atoms. The van der Waals surface area contributed by atoms with Gasteiger partial charge in [0, 0.05) is 28.6 Å². The topological polar surface area (TPSA) is 26.0 Å². The van der Waals surface area contributed by atoms with E-state index in [4.69, 9.17) is 9.40 Å². The van der Waals surface area contributed by atoms with Crippen molar-refractivity contribution in [3.05, 3.63) is 89.9 Å². The van der Waals surface area contributed by atoms with E-state index >= 15 is 0 Å². The van der Waals surface area contributed by atoms with Crippen molar-refractivity contribution < 1.29 is 8.81 Å². The van der Waals surface area contributed by atoms with E-state index in [0.717, 1.165) is 38.7 Å². The first-order valence-electron chi connectivity index (χ1n) is 10.2. The van der Waals surface area contributed by atoms with Crippen LogP contribution in [0.4, 0.5) is 4.39 Å². The number of rotatable bonds is 3. The van der Waals surface area contributed by atoms with Crippen molar-refractivity contribution in [1.82, 2.24) is 4.98 Å². The molecule has 5 rings (SSSR count). The number of aromatic nitrogens is 1. The summed E-state index contributed by atoms with van der Waals surface area (Å²) in [5.74, 6) is 0.0931. The van der Waals surface area contributed by atoms with E-state index in [0.29, 0.717) is 11.5 Å². The van der Waals surface area contributed by atoms with E-state index in [2.05, 4.69) is 51.1 Å². The smallest absolute Gasteiger partial charge is 0.145 e. The van der Waals surface area contributed by atoms with Crippen LogP contribution in [-0.2, 0) is 0 Å². The fourth-order valence-electron chi connectivity index (χ4n) is 4.22. The molecule has 0 bridgehead atoms. The molecule has 0 unspecified atom stereocenters. The van der Waals surface area contributed by atoms with Crippen LogP contribution in [0.3, 0.4) is 0 Å². The SMILES string of the molecule is Cc1cnc(-c2ccc(-c3ccccc3)c3c2oc2cc(F)ccc23)cc1C(C)C. The fourth-order valence-corrected chi connectivity index (χ4v) is 4.22. The number of furan rings is 1. The molecule has 0 aliphatic heterocycles. The monoisotopic (exact) mass is 395 g/mol. The third-order valence-electron chi connectivity index (χ3n) is 5.71. The van der Waals surface area contributed by atoms with Gasteiger partial charge in [0.1, 0.15) is 17.0 Å². The molecular weight excluding hydrogens is 373 g/mol. The molecule has 0 saturated heterocycles. The maximum atomic E-state index is 13.9. The normalized spacial score (nSPS) is 11.6. The first-order chi connectivity index (χ1) is 14.5. The summed E-state index contributed by atoms with van der Waals surface area (Å²) < 4.78 is 20.2. The van der Waals surface area contributed by atoms with Gasteiger partial charge in [-0.3, -0.25) is 4.98 Å². The lowest BCUT2D eigenvalue weighted by molar-refractivity contribution is 0.618. The number of halogens is 1. The minimum atomic E-state index is -0.306. The highest BCUT2D eigenvalue weighted by Crippen LogP contribution is 2.41. The molecule has 5 aromatic rings. The molecule has 0 fully saturated rings. The first kappa shape index (κ1) is 18.6. The number of hydrogen-bond donors (Lipinski definition) is 0. The molecule has 148 valence electrons. The van der Waals surface area contributed by atoms with Crippen LogP contribution in [0.25, 0.3) is 44.3 Å². The molecule has 3 heteroatoms. The number of benzene rings is 3. The molecule has 0 aliphatic rings. The predicted octanol–water partition coefficient (Wildman–Crippen LogP) is 7.89. The molecule has 30 heavy (non-hydrogen) atoms. The van der Waals surface area contributed by atoms with Crippen LogP contribution in [0.15, 0.2) is 77.3 Å². The summed E-state index contributed by atoms with van der Waals surface area (Å²) in [5.41, 5.74) is 7.68. The third-order valence-corrected chi connectivity index (χ3v) is 5.71. The summed E-state index contributed by atoms with van der Waals surface area (Å²) >= 11 is 0. The van der Waals surface area contributed by atoms with Crippen molar-refractivity contribution in [3.8, 4) is 22.4 Å². The highest BCUT2D eigenvalue weighted by atomic mass is 19.1. The predicted molar refractivity (Wildman–Crippen MR) is 121 cm³/mol. The zero-order valence-corrected chi connectivity index (χ0v) is 17.2. The standard InChI is InChI=1S/C27H22FNO/c1-16(2)23-14-24(29-15-17(23)3)21-12-11-20(18-7-5-4-6-8-18)26-22-10-9-19(28)13-25(22)30-27(21)26/h4-16H,1-3H3. The number of nitrogens with zero attached hydrogens (tertiary/aromatic N) is 1. The molecule has 0 N–H and O–H groups in total. The van der Waals surface area contributed by atoms with Crippen LogP contribution in [0.1, 0.15) is 30.9 Å². The van der Waals surface area contributed by atoms with Crippen molar-refractivity contribution in [1.29, 1.82) is 0 Å². The molecule has 0 atom stereocenters. The third kappa shape index (κ3) is 2.98. The lowest BCUT2D eigenvalue weighted by Crippen LogP contribution is -1.95. The summed E-state index contributed by atoms with van der Waals surface area (Å²) in [6.07, 6.45) is 1.92. The number of hydrogen-bond acceptors (Lipinski definition) is 2. The number of fused-ring (bicyclic) bond motifs is 3. The Morgan fingerprint density at radius 3 is 2.43 bits per heavy atom. The summed E-state index contributed by atoms with van der Waals surface area (Å²) in [4.78, 5) is 4.70. The molecule has 2 heterocycles. The molecule has 0 aliphatic carbocycles. The molecule has 2 aromatic heterocycles. The molecule has 0 amide bonds. The number of pyridine rings is 1. The first-order valence-corrected chi connectivity index (χ1v) is 10.2. The average Bonchev–Trinajstić information content (AvgIpc) is 3.12. The van der Waals surface area contributed by atoms with Crippen LogP contribution in [0.5, 0.6) is 0 Å². The Morgan fingerprint density at radius 1 is 0.900 bits per heavy atom. The second-order valence-electron chi connectivity index (χ2n) is 8.05. The van der Waals surface area contributed by atoms with Gasteiger partial charge in [-0.15, -0.1) is 0 Å². The van der Waals surface area contributed by atoms with E-state index in [9.17, 15) is 4.39 Å². The molecule has 0 radical (unpaired) electrons. The maximum absolute atomic E-state index is 13.9. The summed E-state index contributed by atoms with van der Waals surface area (Å²) in [6.45, 7) is 6.46. The van der Waals surface area contributed by atoms with Gasteiger partial charge in [-0.1, -0.05) is 50.2 Å². The highest BCUT2D eigenvalue weighted by Gasteiger charge is 2.19. The quantitative estimate of drug-likeness (QED) is 0.310. The molecule has 3 aromatic carbocycles. The lowest BCUT2D eigenvalue weighted by atomic mass is 9.94. The van der Waals surface area contributed by atoms with Crippen molar-refractivity contribution in [2.24, 2.45) is 0 Å². The zero-order chi connectivity index (χ0) is 20.8. The van der Waals surface area contributed by atoms with E-state index < -0.39 is 0 Å². The maximum Gasteiger partial charge on any atom is 0.145 e. The summed E-state index contributed by atoms with van der Waals surface area (Å²) in [6, 6.07) is 21.3. The Bertz CT molecular complexity index is 1380. The van der Waals surface area contributed by atoms with Crippen LogP contribution < -0.4 is 0 Å². The second kappa shape index (κ2) is 7.10. The molecule has 0 saturated carbocycles. The van der Waals surface area contributed by atoms with Gasteiger partial charge < -0.3 is 4.42 Å². The lowest BCUT2D eigenvalue weighted by Gasteiger charge is -2.12. The van der Waals surface area contributed by atoms with Crippen LogP contribution >= 0.6 is 0 Å². The van der Waals surface area contributed by atoms with Gasteiger partial charge in [-0.2, -0.15) is 0 Å². The van der Waals surface area contributed by atoms with Crippen LogP contribution in [0, 0.1) is 12.7 Å². The summed E-state index contributed by atoms with van der Waals surface area (Å²) in [7, 11) is 0. The van der Waals surface area contributed by atoms with Crippen molar-refractivity contribution in [2.45, 2.75) is 26.7 Å². The van der Waals surface area contributed by atoms with Crippen LogP contribution in [-0.4, -0.2) is 4.98 Å². The van der Waals surface area contributed by atoms with E-state index in [1.165, 1.54) is 23.3 Å². The van der Waals surface area contributed by atoms with Gasteiger partial charge in [0.25, 0.3) is 0 Å². The Balaban J connectivity index is 1.86. The van der Waals surface area contributed by atoms with Gasteiger partial charge in [0.15, 0.2) is 0 Å². The van der Waals surface area contributed by atoms with Gasteiger partial charge in [0.2, 0.25) is 0 Å². The highest BCUT2D eigenvalue weighted by molar-refractivity contribution is 6.16. The van der Waals surface area contributed by atoms with Crippen molar-refractivity contribution in [3.63, 3.8) is 0 Å². The Labute approximate surface area is 175 Å².